The Morgan fingerprint density at radius 1 is 1.10 bits per heavy atom. The number of amides is 2. The number of nitrogens with zero attached hydrogens (tertiary/aromatic N) is 3. The average Bonchev–Trinajstić information content (AvgIpc) is 3.19. The molecule has 0 spiro atoms. The Kier molecular flexibility index (Phi) is 7.23. The zero-order valence-electron chi connectivity index (χ0n) is 19.0. The highest BCUT2D eigenvalue weighted by Gasteiger charge is 2.34. The Morgan fingerprint density at radius 3 is 2.42 bits per heavy atom. The number of aryl methyl sites for hydroxylation is 3. The molecule has 1 atom stereocenters. The second kappa shape index (κ2) is 9.88. The molecule has 31 heavy (non-hydrogen) atoms. The van der Waals surface area contributed by atoms with E-state index in [4.69, 9.17) is 9.84 Å². The van der Waals surface area contributed by atoms with Gasteiger partial charge in [0.15, 0.2) is 0 Å². The number of hydrogen-bond donors (Lipinski definition) is 0. The van der Waals surface area contributed by atoms with Crippen LogP contribution >= 0.6 is 0 Å². The number of rotatable bonds is 7. The van der Waals surface area contributed by atoms with E-state index in [-0.39, 0.29) is 24.4 Å². The molecule has 0 aliphatic carbocycles. The molecule has 6 heteroatoms. The fourth-order valence-electron chi connectivity index (χ4n) is 3.67. The number of ether oxygens (including phenoxy) is 1. The SMILES string of the molecule is COCCN(CC(=O)N1N=C(c2ccc(C)c(C)c2)C[C@H]1c1ccc(C)cc1)C(C)=O. The summed E-state index contributed by atoms with van der Waals surface area (Å²) in [5.41, 5.74) is 6.52. The summed E-state index contributed by atoms with van der Waals surface area (Å²) in [5, 5.41) is 6.29. The summed E-state index contributed by atoms with van der Waals surface area (Å²) >= 11 is 0. The maximum Gasteiger partial charge on any atom is 0.262 e. The lowest BCUT2D eigenvalue weighted by Crippen LogP contribution is -2.41. The van der Waals surface area contributed by atoms with E-state index in [1.807, 2.05) is 31.2 Å². The van der Waals surface area contributed by atoms with Crippen LogP contribution in [0.4, 0.5) is 0 Å². The predicted molar refractivity (Wildman–Crippen MR) is 122 cm³/mol. The van der Waals surface area contributed by atoms with Gasteiger partial charge in [0.1, 0.15) is 6.54 Å². The van der Waals surface area contributed by atoms with Crippen LogP contribution < -0.4 is 0 Å². The minimum absolute atomic E-state index is 0.0231. The fraction of sp³-hybridized carbons (Fsp3) is 0.400. The molecule has 1 aliphatic heterocycles. The molecule has 1 heterocycles. The van der Waals surface area contributed by atoms with Crippen LogP contribution in [-0.2, 0) is 14.3 Å². The van der Waals surface area contributed by atoms with Gasteiger partial charge in [-0.05, 0) is 49.1 Å². The zero-order chi connectivity index (χ0) is 22.5. The molecule has 0 fully saturated rings. The molecular weight excluding hydrogens is 390 g/mol. The van der Waals surface area contributed by atoms with Gasteiger partial charge in [-0.3, -0.25) is 9.59 Å². The molecule has 0 N–H and O–H groups in total. The second-order valence-corrected chi connectivity index (χ2v) is 8.15. The van der Waals surface area contributed by atoms with Gasteiger partial charge in [0.2, 0.25) is 5.91 Å². The van der Waals surface area contributed by atoms with Crippen molar-refractivity contribution in [2.45, 2.75) is 40.2 Å². The van der Waals surface area contributed by atoms with E-state index in [1.165, 1.54) is 23.0 Å². The van der Waals surface area contributed by atoms with Crippen LogP contribution in [0.15, 0.2) is 47.6 Å². The molecule has 2 aromatic rings. The van der Waals surface area contributed by atoms with Gasteiger partial charge in [-0.25, -0.2) is 5.01 Å². The van der Waals surface area contributed by atoms with Crippen LogP contribution in [0.1, 0.15) is 47.2 Å². The summed E-state index contributed by atoms with van der Waals surface area (Å²) in [6, 6.07) is 14.3. The van der Waals surface area contributed by atoms with Gasteiger partial charge in [0.05, 0.1) is 18.4 Å². The molecule has 2 aromatic carbocycles. The summed E-state index contributed by atoms with van der Waals surface area (Å²) in [6.07, 6.45) is 0.634. The van der Waals surface area contributed by atoms with Gasteiger partial charge in [-0.1, -0.05) is 42.0 Å². The number of hydrazone groups is 1. The summed E-state index contributed by atoms with van der Waals surface area (Å²) in [7, 11) is 1.58. The van der Waals surface area contributed by atoms with Crippen molar-refractivity contribution < 1.29 is 14.3 Å². The van der Waals surface area contributed by atoms with E-state index in [9.17, 15) is 9.59 Å². The molecule has 2 amide bonds. The van der Waals surface area contributed by atoms with E-state index in [2.05, 4.69) is 32.0 Å². The van der Waals surface area contributed by atoms with Crippen molar-refractivity contribution >= 4 is 17.5 Å². The molecule has 1 aliphatic rings. The average molecular weight is 422 g/mol. The van der Waals surface area contributed by atoms with E-state index in [0.29, 0.717) is 19.6 Å². The third-order valence-corrected chi connectivity index (χ3v) is 5.80. The summed E-state index contributed by atoms with van der Waals surface area (Å²) in [4.78, 5) is 26.8. The van der Waals surface area contributed by atoms with Gasteiger partial charge < -0.3 is 9.64 Å². The molecule has 0 bridgehead atoms. The van der Waals surface area contributed by atoms with Crippen molar-refractivity contribution in [1.82, 2.24) is 9.91 Å². The maximum absolute atomic E-state index is 13.3. The Balaban J connectivity index is 1.91. The smallest absolute Gasteiger partial charge is 0.262 e. The highest BCUT2D eigenvalue weighted by atomic mass is 16.5. The lowest BCUT2D eigenvalue weighted by atomic mass is 9.96. The number of carbonyl (C=O) groups is 2. The van der Waals surface area contributed by atoms with Crippen LogP contribution in [-0.4, -0.2) is 54.2 Å². The van der Waals surface area contributed by atoms with Gasteiger partial charge >= 0.3 is 0 Å². The highest BCUT2D eigenvalue weighted by molar-refractivity contribution is 6.03. The molecule has 164 valence electrons. The van der Waals surface area contributed by atoms with E-state index in [0.717, 1.165) is 22.4 Å². The lowest BCUT2D eigenvalue weighted by molar-refractivity contribution is -0.141. The van der Waals surface area contributed by atoms with Crippen LogP contribution in [0.2, 0.25) is 0 Å². The van der Waals surface area contributed by atoms with Crippen molar-refractivity contribution in [3.05, 3.63) is 70.3 Å². The second-order valence-electron chi connectivity index (χ2n) is 8.15. The first-order valence-corrected chi connectivity index (χ1v) is 10.6. The number of methoxy groups -OCH3 is 1. The van der Waals surface area contributed by atoms with Gasteiger partial charge in [-0.15, -0.1) is 0 Å². The maximum atomic E-state index is 13.3. The third-order valence-electron chi connectivity index (χ3n) is 5.80. The largest absolute Gasteiger partial charge is 0.383 e. The van der Waals surface area contributed by atoms with Crippen LogP contribution in [0.3, 0.4) is 0 Å². The van der Waals surface area contributed by atoms with Gasteiger partial charge in [-0.2, -0.15) is 5.10 Å². The number of carbonyl (C=O) groups excluding carboxylic acids is 2. The van der Waals surface area contributed by atoms with E-state index >= 15 is 0 Å². The minimum Gasteiger partial charge on any atom is -0.383 e. The Hall–Kier alpha value is -2.99. The first-order chi connectivity index (χ1) is 14.8. The van der Waals surface area contributed by atoms with Crippen molar-refractivity contribution in [1.29, 1.82) is 0 Å². The molecule has 0 aromatic heterocycles. The van der Waals surface area contributed by atoms with Crippen molar-refractivity contribution in [3.8, 4) is 0 Å². The third kappa shape index (κ3) is 5.39. The van der Waals surface area contributed by atoms with E-state index < -0.39 is 0 Å². The predicted octanol–water partition coefficient (Wildman–Crippen LogP) is 3.78. The lowest BCUT2D eigenvalue weighted by Gasteiger charge is -2.26. The Morgan fingerprint density at radius 2 is 1.81 bits per heavy atom. The molecular formula is C25H31N3O3. The first kappa shape index (κ1) is 22.7. The van der Waals surface area contributed by atoms with Crippen LogP contribution in [0.25, 0.3) is 0 Å². The fourth-order valence-corrected chi connectivity index (χ4v) is 3.67. The first-order valence-electron chi connectivity index (χ1n) is 10.6. The molecule has 0 saturated carbocycles. The molecule has 0 saturated heterocycles. The molecule has 0 radical (unpaired) electrons. The standard InChI is InChI=1S/C25H31N3O3/c1-17-6-9-21(10-7-17)24-15-23(22-11-8-18(2)19(3)14-22)26-28(24)25(30)16-27(20(4)29)12-13-31-5/h6-11,14,24H,12-13,15-16H2,1-5H3/t24-/m0/s1. The van der Waals surface area contributed by atoms with Crippen LogP contribution in [0.5, 0.6) is 0 Å². The van der Waals surface area contributed by atoms with Gasteiger partial charge in [0, 0.05) is 27.0 Å². The monoisotopic (exact) mass is 421 g/mol. The van der Waals surface area contributed by atoms with Crippen LogP contribution in [0, 0.1) is 20.8 Å². The van der Waals surface area contributed by atoms with Crippen molar-refractivity contribution in [2.24, 2.45) is 5.10 Å². The van der Waals surface area contributed by atoms with Crippen molar-refractivity contribution in [3.63, 3.8) is 0 Å². The van der Waals surface area contributed by atoms with Crippen molar-refractivity contribution in [2.75, 3.05) is 26.8 Å². The van der Waals surface area contributed by atoms with E-state index in [1.54, 1.807) is 12.1 Å². The van der Waals surface area contributed by atoms with Gasteiger partial charge in [0.25, 0.3) is 5.91 Å². The Bertz CT molecular complexity index is 982. The zero-order valence-corrected chi connectivity index (χ0v) is 19.0. The summed E-state index contributed by atoms with van der Waals surface area (Å²) in [6.45, 7) is 8.39. The number of benzene rings is 2. The molecule has 0 unspecified atom stereocenters. The summed E-state index contributed by atoms with van der Waals surface area (Å²) in [5.74, 6) is -0.356. The quantitative estimate of drug-likeness (QED) is 0.683. The normalized spacial score (nSPS) is 15.7. The molecule has 6 nitrogen and oxygen atoms in total. The highest BCUT2D eigenvalue weighted by Crippen LogP contribution is 2.33. The minimum atomic E-state index is -0.198. The summed E-state index contributed by atoms with van der Waals surface area (Å²) < 4.78 is 5.08. The topological polar surface area (TPSA) is 62.2 Å². The Labute approximate surface area is 184 Å². The molecule has 3 rings (SSSR count). The number of hydrogen-bond acceptors (Lipinski definition) is 4.